The molecule has 2 aliphatic rings. The van der Waals surface area contributed by atoms with E-state index in [4.69, 9.17) is 4.74 Å². The first-order valence-electron chi connectivity index (χ1n) is 8.00. The Morgan fingerprint density at radius 3 is 2.65 bits per heavy atom. The molecule has 1 aromatic carbocycles. The van der Waals surface area contributed by atoms with Gasteiger partial charge in [-0.15, -0.1) is 0 Å². The second-order valence-corrected chi connectivity index (χ2v) is 8.15. The number of ether oxygens (including phenoxy) is 1. The summed E-state index contributed by atoms with van der Waals surface area (Å²) in [5.41, 5.74) is 0.862. The number of nitrogens with one attached hydrogen (secondary N) is 1. The van der Waals surface area contributed by atoms with E-state index in [9.17, 15) is 17.2 Å². The maximum atomic E-state index is 13.9. The predicted molar refractivity (Wildman–Crippen MR) is 82.5 cm³/mol. The summed E-state index contributed by atoms with van der Waals surface area (Å²) in [6, 6.07) is 1.56. The van der Waals surface area contributed by atoms with Crippen LogP contribution < -0.4 is 4.72 Å². The van der Waals surface area contributed by atoms with Gasteiger partial charge in [0.2, 0.25) is 10.0 Å². The quantitative estimate of drug-likeness (QED) is 0.913. The van der Waals surface area contributed by atoms with Gasteiger partial charge in [-0.1, -0.05) is 0 Å². The van der Waals surface area contributed by atoms with Gasteiger partial charge >= 0.3 is 0 Å². The molecule has 1 atom stereocenters. The Bertz CT molecular complexity index is 672. The smallest absolute Gasteiger partial charge is 0.212 e. The SMILES string of the molecule is O=S(=O)(CC1CCOCC1)N[C@@H]1CCCc2c(F)cc(F)cc21. The zero-order valence-corrected chi connectivity index (χ0v) is 13.7. The van der Waals surface area contributed by atoms with Gasteiger partial charge in [-0.25, -0.2) is 21.9 Å². The van der Waals surface area contributed by atoms with Crippen molar-refractivity contribution >= 4 is 10.0 Å². The van der Waals surface area contributed by atoms with Gasteiger partial charge in [0.05, 0.1) is 5.75 Å². The number of halogens is 2. The minimum Gasteiger partial charge on any atom is -0.381 e. The number of sulfonamides is 1. The molecular formula is C16H21F2NO3S. The van der Waals surface area contributed by atoms with Crippen molar-refractivity contribution in [2.24, 2.45) is 5.92 Å². The summed E-state index contributed by atoms with van der Waals surface area (Å²) < 4.78 is 60.1. The lowest BCUT2D eigenvalue weighted by atomic mass is 9.88. The van der Waals surface area contributed by atoms with Crippen molar-refractivity contribution < 1.29 is 21.9 Å². The third-order valence-electron chi connectivity index (χ3n) is 4.61. The molecule has 1 aliphatic heterocycles. The van der Waals surface area contributed by atoms with E-state index >= 15 is 0 Å². The summed E-state index contributed by atoms with van der Waals surface area (Å²) in [4.78, 5) is 0. The lowest BCUT2D eigenvalue weighted by Gasteiger charge is -2.28. The Morgan fingerprint density at radius 1 is 1.17 bits per heavy atom. The lowest BCUT2D eigenvalue weighted by Crippen LogP contribution is -2.36. The van der Waals surface area contributed by atoms with Gasteiger partial charge in [0.1, 0.15) is 11.6 Å². The van der Waals surface area contributed by atoms with Crippen molar-refractivity contribution in [2.75, 3.05) is 19.0 Å². The first kappa shape index (κ1) is 16.8. The standard InChI is InChI=1S/C16H21F2NO3S/c17-12-8-14-13(15(18)9-12)2-1-3-16(14)19-23(20,21)10-11-4-6-22-7-5-11/h8-9,11,16,19H,1-7,10H2/t16-/m1/s1. The molecule has 0 bridgehead atoms. The number of hydrogen-bond acceptors (Lipinski definition) is 3. The molecular weight excluding hydrogens is 324 g/mol. The predicted octanol–water partition coefficient (Wildman–Crippen LogP) is 2.69. The molecule has 1 heterocycles. The van der Waals surface area contributed by atoms with E-state index in [1.807, 2.05) is 0 Å². The summed E-state index contributed by atoms with van der Waals surface area (Å²) in [6.45, 7) is 1.17. The van der Waals surface area contributed by atoms with Crippen LogP contribution in [-0.4, -0.2) is 27.4 Å². The van der Waals surface area contributed by atoms with Crippen LogP contribution in [0.1, 0.15) is 42.9 Å². The van der Waals surface area contributed by atoms with Crippen molar-refractivity contribution in [3.05, 3.63) is 34.9 Å². The van der Waals surface area contributed by atoms with Crippen LogP contribution in [0, 0.1) is 17.6 Å². The number of rotatable bonds is 4. The number of fused-ring (bicyclic) bond motifs is 1. The highest BCUT2D eigenvalue weighted by Crippen LogP contribution is 2.33. The highest BCUT2D eigenvalue weighted by Gasteiger charge is 2.29. The zero-order chi connectivity index (χ0) is 16.4. The summed E-state index contributed by atoms with van der Waals surface area (Å²) in [5.74, 6) is -1.14. The lowest BCUT2D eigenvalue weighted by molar-refractivity contribution is 0.0722. The second-order valence-electron chi connectivity index (χ2n) is 6.36. The fourth-order valence-corrected chi connectivity index (χ4v) is 5.18. The molecule has 0 spiro atoms. The molecule has 0 radical (unpaired) electrons. The van der Waals surface area contributed by atoms with Gasteiger partial charge in [0, 0.05) is 25.3 Å². The van der Waals surface area contributed by atoms with Gasteiger partial charge in [-0.2, -0.15) is 0 Å². The van der Waals surface area contributed by atoms with Crippen LogP contribution in [0.15, 0.2) is 12.1 Å². The molecule has 23 heavy (non-hydrogen) atoms. The van der Waals surface area contributed by atoms with Crippen LogP contribution in [0.25, 0.3) is 0 Å². The Labute approximate surface area is 135 Å². The molecule has 1 aliphatic carbocycles. The largest absolute Gasteiger partial charge is 0.381 e. The van der Waals surface area contributed by atoms with E-state index in [1.54, 1.807) is 0 Å². The third kappa shape index (κ3) is 4.08. The Morgan fingerprint density at radius 2 is 1.91 bits per heavy atom. The average Bonchev–Trinajstić information content (AvgIpc) is 2.48. The molecule has 1 fully saturated rings. The fourth-order valence-electron chi connectivity index (χ4n) is 3.45. The molecule has 7 heteroatoms. The van der Waals surface area contributed by atoms with Gasteiger partial charge < -0.3 is 4.74 Å². The van der Waals surface area contributed by atoms with Crippen LogP contribution in [0.3, 0.4) is 0 Å². The second kappa shape index (κ2) is 6.83. The topological polar surface area (TPSA) is 55.4 Å². The monoisotopic (exact) mass is 345 g/mol. The highest BCUT2D eigenvalue weighted by atomic mass is 32.2. The van der Waals surface area contributed by atoms with Crippen LogP contribution >= 0.6 is 0 Å². The van der Waals surface area contributed by atoms with E-state index in [0.717, 1.165) is 18.9 Å². The maximum Gasteiger partial charge on any atom is 0.212 e. The first-order chi connectivity index (χ1) is 10.9. The van der Waals surface area contributed by atoms with E-state index in [1.165, 1.54) is 6.07 Å². The minimum absolute atomic E-state index is 0.0417. The molecule has 1 N–H and O–H groups in total. The summed E-state index contributed by atoms with van der Waals surface area (Å²) in [6.07, 6.45) is 3.21. The molecule has 128 valence electrons. The Balaban J connectivity index is 1.76. The fraction of sp³-hybridized carbons (Fsp3) is 0.625. The zero-order valence-electron chi connectivity index (χ0n) is 12.9. The molecule has 0 unspecified atom stereocenters. The molecule has 4 nitrogen and oxygen atoms in total. The maximum absolute atomic E-state index is 13.9. The van der Waals surface area contributed by atoms with Crippen LogP contribution in [0.4, 0.5) is 8.78 Å². The average molecular weight is 345 g/mol. The van der Waals surface area contributed by atoms with Gasteiger partial charge in [-0.05, 0) is 55.2 Å². The Hall–Kier alpha value is -1.05. The normalized spacial score (nSPS) is 22.8. The summed E-state index contributed by atoms with van der Waals surface area (Å²) >= 11 is 0. The van der Waals surface area contributed by atoms with Crippen molar-refractivity contribution in [1.82, 2.24) is 4.72 Å². The van der Waals surface area contributed by atoms with E-state index in [-0.39, 0.29) is 11.7 Å². The van der Waals surface area contributed by atoms with E-state index < -0.39 is 27.7 Å². The molecule has 0 amide bonds. The van der Waals surface area contributed by atoms with E-state index in [2.05, 4.69) is 4.72 Å². The van der Waals surface area contributed by atoms with Crippen molar-refractivity contribution in [2.45, 2.75) is 38.1 Å². The van der Waals surface area contributed by atoms with Gasteiger partial charge in [0.25, 0.3) is 0 Å². The molecule has 3 rings (SSSR count). The van der Waals surface area contributed by atoms with Gasteiger partial charge in [0.15, 0.2) is 0 Å². The molecule has 1 aromatic rings. The van der Waals surface area contributed by atoms with E-state index in [0.29, 0.717) is 43.6 Å². The number of benzene rings is 1. The van der Waals surface area contributed by atoms with Gasteiger partial charge in [-0.3, -0.25) is 0 Å². The summed E-state index contributed by atoms with van der Waals surface area (Å²) in [7, 11) is -3.50. The van der Waals surface area contributed by atoms with Crippen molar-refractivity contribution in [3.8, 4) is 0 Å². The molecule has 0 saturated carbocycles. The van der Waals surface area contributed by atoms with Crippen molar-refractivity contribution in [1.29, 1.82) is 0 Å². The van der Waals surface area contributed by atoms with Crippen LogP contribution in [0.5, 0.6) is 0 Å². The molecule has 0 aromatic heterocycles. The van der Waals surface area contributed by atoms with Crippen molar-refractivity contribution in [3.63, 3.8) is 0 Å². The highest BCUT2D eigenvalue weighted by molar-refractivity contribution is 7.89. The van der Waals surface area contributed by atoms with Crippen LogP contribution in [0.2, 0.25) is 0 Å². The first-order valence-corrected chi connectivity index (χ1v) is 9.65. The molecule has 1 saturated heterocycles. The summed E-state index contributed by atoms with van der Waals surface area (Å²) in [5, 5.41) is 0. The Kier molecular flexibility index (Phi) is 4.98. The third-order valence-corrected chi connectivity index (χ3v) is 6.16. The minimum atomic E-state index is -3.50. The van der Waals surface area contributed by atoms with Crippen LogP contribution in [-0.2, 0) is 21.2 Å². The number of hydrogen-bond donors (Lipinski definition) is 1.